The maximum absolute atomic E-state index is 12.7. The molecule has 1 aliphatic heterocycles. The van der Waals surface area contributed by atoms with Crippen LogP contribution < -0.4 is 11.3 Å². The largest absolute Gasteiger partial charge is 0.340 e. The first-order valence-electron chi connectivity index (χ1n) is 10.3. The number of carbonyl (C=O) groups excluding carboxylic acids is 2. The van der Waals surface area contributed by atoms with Crippen molar-refractivity contribution in [2.45, 2.75) is 60.3 Å². The standard InChI is InChI=1S/C20H40N4O2/c1-15(2)8-6-7-9-23-10-12-24(13-11-23)20(26)17(4)14-16(3)18(5)19(25)22-21/h15-18H,6-14,21H2,1-5H3,(H,22,25). The molecule has 0 aromatic heterocycles. The van der Waals surface area contributed by atoms with Crippen molar-refractivity contribution in [2.75, 3.05) is 32.7 Å². The Balaban J connectivity index is 2.32. The average molecular weight is 369 g/mol. The smallest absolute Gasteiger partial charge is 0.236 e. The summed E-state index contributed by atoms with van der Waals surface area (Å²) >= 11 is 0. The molecule has 3 atom stereocenters. The second kappa shape index (κ2) is 11.5. The Hall–Kier alpha value is -1.14. The molecule has 1 fully saturated rings. The van der Waals surface area contributed by atoms with E-state index >= 15 is 0 Å². The molecular formula is C20H40N4O2. The number of hydrogen-bond donors (Lipinski definition) is 2. The summed E-state index contributed by atoms with van der Waals surface area (Å²) in [5.74, 6) is 5.93. The number of amides is 2. The maximum atomic E-state index is 12.7. The van der Waals surface area contributed by atoms with E-state index in [4.69, 9.17) is 5.84 Å². The van der Waals surface area contributed by atoms with Crippen LogP contribution in [0.1, 0.15) is 60.3 Å². The molecule has 0 aliphatic carbocycles. The van der Waals surface area contributed by atoms with Gasteiger partial charge in [0.1, 0.15) is 0 Å². The number of carbonyl (C=O) groups is 2. The fraction of sp³-hybridized carbons (Fsp3) is 0.900. The van der Waals surface area contributed by atoms with Crippen LogP contribution in [0, 0.1) is 23.7 Å². The van der Waals surface area contributed by atoms with Crippen molar-refractivity contribution >= 4 is 11.8 Å². The molecular weight excluding hydrogens is 328 g/mol. The van der Waals surface area contributed by atoms with Crippen LogP contribution in [0.5, 0.6) is 0 Å². The lowest BCUT2D eigenvalue weighted by molar-refractivity contribution is -0.138. The zero-order chi connectivity index (χ0) is 19.7. The molecule has 1 aliphatic rings. The van der Waals surface area contributed by atoms with Gasteiger partial charge in [0, 0.05) is 38.0 Å². The van der Waals surface area contributed by atoms with Crippen molar-refractivity contribution < 1.29 is 9.59 Å². The van der Waals surface area contributed by atoms with Crippen molar-refractivity contribution in [1.29, 1.82) is 0 Å². The van der Waals surface area contributed by atoms with Gasteiger partial charge in [-0.25, -0.2) is 5.84 Å². The topological polar surface area (TPSA) is 78.7 Å². The third kappa shape index (κ3) is 7.62. The molecule has 0 aromatic rings. The van der Waals surface area contributed by atoms with E-state index in [-0.39, 0.29) is 29.6 Å². The van der Waals surface area contributed by atoms with Gasteiger partial charge >= 0.3 is 0 Å². The monoisotopic (exact) mass is 368 g/mol. The molecule has 0 radical (unpaired) electrons. The van der Waals surface area contributed by atoms with Gasteiger partial charge in [-0.15, -0.1) is 0 Å². The van der Waals surface area contributed by atoms with Crippen molar-refractivity contribution in [3.8, 4) is 0 Å². The Labute approximate surface area is 159 Å². The Morgan fingerprint density at radius 2 is 1.62 bits per heavy atom. The first kappa shape index (κ1) is 22.9. The first-order chi connectivity index (χ1) is 12.3. The van der Waals surface area contributed by atoms with Crippen LogP contribution in [0.2, 0.25) is 0 Å². The van der Waals surface area contributed by atoms with Crippen LogP contribution in [0.15, 0.2) is 0 Å². The van der Waals surface area contributed by atoms with E-state index in [0.29, 0.717) is 6.42 Å². The van der Waals surface area contributed by atoms with Crippen LogP contribution in [0.3, 0.4) is 0 Å². The molecule has 0 saturated carbocycles. The van der Waals surface area contributed by atoms with Crippen molar-refractivity contribution in [3.05, 3.63) is 0 Å². The number of piperazine rings is 1. The van der Waals surface area contributed by atoms with Crippen LogP contribution in [-0.2, 0) is 9.59 Å². The van der Waals surface area contributed by atoms with E-state index < -0.39 is 0 Å². The highest BCUT2D eigenvalue weighted by molar-refractivity contribution is 5.79. The maximum Gasteiger partial charge on any atom is 0.236 e. The Morgan fingerprint density at radius 1 is 1.00 bits per heavy atom. The Bertz CT molecular complexity index is 434. The van der Waals surface area contributed by atoms with Crippen LogP contribution >= 0.6 is 0 Å². The van der Waals surface area contributed by atoms with Crippen LogP contribution in [-0.4, -0.2) is 54.3 Å². The van der Waals surface area contributed by atoms with Gasteiger partial charge < -0.3 is 4.90 Å². The molecule has 1 heterocycles. The minimum Gasteiger partial charge on any atom is -0.340 e. The predicted molar refractivity (Wildman–Crippen MR) is 106 cm³/mol. The van der Waals surface area contributed by atoms with E-state index in [9.17, 15) is 9.59 Å². The summed E-state index contributed by atoms with van der Waals surface area (Å²) in [7, 11) is 0. The van der Waals surface area contributed by atoms with Crippen molar-refractivity contribution in [2.24, 2.45) is 29.5 Å². The number of hydrogen-bond acceptors (Lipinski definition) is 4. The summed E-state index contributed by atoms with van der Waals surface area (Å²) in [6.07, 6.45) is 4.55. The van der Waals surface area contributed by atoms with E-state index in [1.54, 1.807) is 0 Å². The van der Waals surface area contributed by atoms with Gasteiger partial charge in [-0.05, 0) is 31.2 Å². The van der Waals surface area contributed by atoms with Gasteiger partial charge in [0.05, 0.1) is 0 Å². The van der Waals surface area contributed by atoms with E-state index in [1.165, 1.54) is 19.3 Å². The van der Waals surface area contributed by atoms with Crippen molar-refractivity contribution in [3.63, 3.8) is 0 Å². The van der Waals surface area contributed by atoms with Crippen LogP contribution in [0.25, 0.3) is 0 Å². The predicted octanol–water partition coefficient (Wildman–Crippen LogP) is 2.25. The number of hydrazine groups is 1. The third-order valence-corrected chi connectivity index (χ3v) is 5.75. The number of unbranched alkanes of at least 4 members (excludes halogenated alkanes) is 1. The summed E-state index contributed by atoms with van der Waals surface area (Å²) in [4.78, 5) is 28.8. The zero-order valence-corrected chi connectivity index (χ0v) is 17.5. The van der Waals surface area contributed by atoms with Gasteiger partial charge in [-0.1, -0.05) is 47.5 Å². The fourth-order valence-electron chi connectivity index (χ4n) is 3.64. The number of nitrogens with one attached hydrogen (secondary N) is 1. The quantitative estimate of drug-likeness (QED) is 0.268. The SMILES string of the molecule is CC(C)CCCCN1CCN(C(=O)C(C)CC(C)C(C)C(=O)NN)CC1. The molecule has 26 heavy (non-hydrogen) atoms. The first-order valence-corrected chi connectivity index (χ1v) is 10.3. The zero-order valence-electron chi connectivity index (χ0n) is 17.5. The second-order valence-corrected chi connectivity index (χ2v) is 8.47. The molecule has 2 amide bonds. The minimum atomic E-state index is -0.182. The molecule has 0 spiro atoms. The normalized spacial score (nSPS) is 19.3. The van der Waals surface area contributed by atoms with Gasteiger partial charge in [-0.3, -0.25) is 19.9 Å². The summed E-state index contributed by atoms with van der Waals surface area (Å²) < 4.78 is 0. The number of rotatable bonds is 10. The van der Waals surface area contributed by atoms with Gasteiger partial charge in [0.25, 0.3) is 0 Å². The van der Waals surface area contributed by atoms with E-state index in [2.05, 4.69) is 24.2 Å². The van der Waals surface area contributed by atoms with Gasteiger partial charge in [-0.2, -0.15) is 0 Å². The number of nitrogens with zero attached hydrogens (tertiary/aromatic N) is 2. The van der Waals surface area contributed by atoms with E-state index in [0.717, 1.165) is 38.6 Å². The molecule has 3 N–H and O–H groups in total. The fourth-order valence-corrected chi connectivity index (χ4v) is 3.64. The highest BCUT2D eigenvalue weighted by atomic mass is 16.2. The lowest BCUT2D eigenvalue weighted by Gasteiger charge is -2.36. The van der Waals surface area contributed by atoms with Crippen molar-refractivity contribution in [1.82, 2.24) is 15.2 Å². The molecule has 6 heteroatoms. The Kier molecular flexibility index (Phi) is 10.2. The summed E-state index contributed by atoms with van der Waals surface area (Å²) in [5.41, 5.74) is 2.20. The molecule has 3 unspecified atom stereocenters. The summed E-state index contributed by atoms with van der Waals surface area (Å²) in [5, 5.41) is 0. The molecule has 1 rings (SSSR count). The molecule has 0 aromatic carbocycles. The third-order valence-electron chi connectivity index (χ3n) is 5.75. The molecule has 0 bridgehead atoms. The van der Waals surface area contributed by atoms with E-state index in [1.807, 2.05) is 25.7 Å². The second-order valence-electron chi connectivity index (χ2n) is 8.47. The Morgan fingerprint density at radius 3 is 2.15 bits per heavy atom. The van der Waals surface area contributed by atoms with Gasteiger partial charge in [0.15, 0.2) is 0 Å². The average Bonchev–Trinajstić information content (AvgIpc) is 2.63. The van der Waals surface area contributed by atoms with Crippen LogP contribution in [0.4, 0.5) is 0 Å². The molecule has 6 nitrogen and oxygen atoms in total. The minimum absolute atomic E-state index is 0.0596. The highest BCUT2D eigenvalue weighted by Crippen LogP contribution is 2.22. The molecule has 1 saturated heterocycles. The number of nitrogens with two attached hydrogens (primary N) is 1. The summed E-state index contributed by atoms with van der Waals surface area (Å²) in [6, 6.07) is 0. The highest BCUT2D eigenvalue weighted by Gasteiger charge is 2.28. The molecule has 152 valence electrons. The van der Waals surface area contributed by atoms with Gasteiger partial charge in [0.2, 0.25) is 11.8 Å². The lowest BCUT2D eigenvalue weighted by atomic mass is 9.86. The lowest BCUT2D eigenvalue weighted by Crippen LogP contribution is -2.50. The summed E-state index contributed by atoms with van der Waals surface area (Å²) in [6.45, 7) is 15.1.